The van der Waals surface area contributed by atoms with Crippen LogP contribution in [0.2, 0.25) is 0 Å². The number of thiazole rings is 1. The molecule has 2 saturated carbocycles. The zero-order valence-corrected chi connectivity index (χ0v) is 8.39. The molecule has 0 amide bonds. The Bertz CT molecular complexity index is 320. The van der Waals surface area contributed by atoms with Gasteiger partial charge in [-0.05, 0) is 31.1 Å². The largest absolute Gasteiger partial charge is 0.375 e. The van der Waals surface area contributed by atoms with E-state index in [2.05, 4.69) is 10.4 Å². The summed E-state index contributed by atoms with van der Waals surface area (Å²) in [5.41, 5.74) is 6.92. The Morgan fingerprint density at radius 3 is 2.85 bits per heavy atom. The van der Waals surface area contributed by atoms with Crippen molar-refractivity contribution in [2.45, 2.75) is 31.6 Å². The lowest BCUT2D eigenvalue weighted by atomic mass is 9.87. The first-order chi connectivity index (χ1) is 6.33. The molecular weight excluding hydrogens is 180 g/mol. The van der Waals surface area contributed by atoms with Crippen LogP contribution < -0.4 is 5.73 Å². The SMILES string of the molecule is Nc1nc([C@H]2C[C@H]3CC[C@@H]2C3)cs1. The van der Waals surface area contributed by atoms with Gasteiger partial charge < -0.3 is 5.73 Å². The highest BCUT2D eigenvalue weighted by Crippen LogP contribution is 2.52. The molecule has 2 aliphatic carbocycles. The van der Waals surface area contributed by atoms with Crippen LogP contribution in [-0.2, 0) is 0 Å². The molecule has 0 aromatic carbocycles. The van der Waals surface area contributed by atoms with E-state index in [1.54, 1.807) is 11.3 Å². The van der Waals surface area contributed by atoms with Crippen LogP contribution in [0.4, 0.5) is 5.13 Å². The number of nitrogens with zero attached hydrogens (tertiary/aromatic N) is 1. The van der Waals surface area contributed by atoms with Gasteiger partial charge in [0, 0.05) is 11.3 Å². The van der Waals surface area contributed by atoms with Gasteiger partial charge in [-0.15, -0.1) is 11.3 Å². The minimum atomic E-state index is 0.734. The summed E-state index contributed by atoms with van der Waals surface area (Å²) in [6.45, 7) is 0. The smallest absolute Gasteiger partial charge is 0.180 e. The molecular formula is C10H14N2S. The van der Waals surface area contributed by atoms with Crippen molar-refractivity contribution in [1.29, 1.82) is 0 Å². The lowest BCUT2D eigenvalue weighted by Gasteiger charge is -2.19. The van der Waals surface area contributed by atoms with E-state index in [0.29, 0.717) is 0 Å². The fourth-order valence-corrected chi connectivity index (χ4v) is 3.71. The maximum Gasteiger partial charge on any atom is 0.180 e. The maximum absolute atomic E-state index is 5.65. The van der Waals surface area contributed by atoms with Gasteiger partial charge in [-0.1, -0.05) is 6.42 Å². The average Bonchev–Trinajstić information content (AvgIpc) is 2.77. The van der Waals surface area contributed by atoms with E-state index in [4.69, 9.17) is 5.73 Å². The Labute approximate surface area is 82.2 Å². The molecule has 2 N–H and O–H groups in total. The van der Waals surface area contributed by atoms with Gasteiger partial charge in [-0.2, -0.15) is 0 Å². The third-order valence-electron chi connectivity index (χ3n) is 3.66. The van der Waals surface area contributed by atoms with Crippen LogP contribution in [0.1, 0.15) is 37.3 Å². The zero-order valence-electron chi connectivity index (χ0n) is 7.57. The number of hydrogen-bond donors (Lipinski definition) is 1. The molecule has 3 atom stereocenters. The first kappa shape index (κ1) is 7.80. The van der Waals surface area contributed by atoms with Crippen molar-refractivity contribution in [3.63, 3.8) is 0 Å². The van der Waals surface area contributed by atoms with Crippen molar-refractivity contribution in [2.24, 2.45) is 11.8 Å². The molecule has 2 bridgehead atoms. The van der Waals surface area contributed by atoms with Crippen molar-refractivity contribution in [3.8, 4) is 0 Å². The predicted octanol–water partition coefficient (Wildman–Crippen LogP) is 2.63. The molecule has 0 spiro atoms. The van der Waals surface area contributed by atoms with Crippen molar-refractivity contribution in [1.82, 2.24) is 4.98 Å². The summed E-state index contributed by atoms with van der Waals surface area (Å²) in [6.07, 6.45) is 5.70. The second-order valence-corrected chi connectivity index (χ2v) is 5.28. The molecule has 1 heterocycles. The first-order valence-corrected chi connectivity index (χ1v) is 5.92. The van der Waals surface area contributed by atoms with Gasteiger partial charge in [-0.3, -0.25) is 0 Å². The summed E-state index contributed by atoms with van der Waals surface area (Å²) in [7, 11) is 0. The summed E-state index contributed by atoms with van der Waals surface area (Å²) in [4.78, 5) is 4.41. The van der Waals surface area contributed by atoms with Crippen LogP contribution in [0.3, 0.4) is 0 Å². The molecule has 2 nitrogen and oxygen atoms in total. The molecule has 0 radical (unpaired) electrons. The van der Waals surface area contributed by atoms with Gasteiger partial charge >= 0.3 is 0 Å². The highest BCUT2D eigenvalue weighted by Gasteiger charge is 2.40. The van der Waals surface area contributed by atoms with E-state index in [1.807, 2.05) is 0 Å². The number of hydrogen-bond acceptors (Lipinski definition) is 3. The summed E-state index contributed by atoms with van der Waals surface area (Å²) in [6, 6.07) is 0. The molecule has 2 fully saturated rings. The van der Waals surface area contributed by atoms with Crippen LogP contribution in [-0.4, -0.2) is 4.98 Å². The van der Waals surface area contributed by atoms with Crippen molar-refractivity contribution < 1.29 is 0 Å². The molecule has 0 unspecified atom stereocenters. The molecule has 0 aliphatic heterocycles. The standard InChI is InChI=1S/C10H14N2S/c11-10-12-9(5-13-10)8-4-6-1-2-7(8)3-6/h5-8H,1-4H2,(H2,11,12)/t6-,7+,8-/m0/s1. The van der Waals surface area contributed by atoms with Gasteiger partial charge in [0.2, 0.25) is 0 Å². The monoisotopic (exact) mass is 194 g/mol. The molecule has 2 aliphatic rings. The third-order valence-corrected chi connectivity index (χ3v) is 4.35. The fraction of sp³-hybridized carbons (Fsp3) is 0.700. The third kappa shape index (κ3) is 1.17. The molecule has 1 aromatic heterocycles. The predicted molar refractivity (Wildman–Crippen MR) is 54.7 cm³/mol. The molecule has 1 aromatic rings. The number of nitrogen functional groups attached to an aromatic ring is 1. The van der Waals surface area contributed by atoms with Crippen molar-refractivity contribution >= 4 is 16.5 Å². The first-order valence-electron chi connectivity index (χ1n) is 5.04. The van der Waals surface area contributed by atoms with Gasteiger partial charge in [0.1, 0.15) is 0 Å². The van der Waals surface area contributed by atoms with E-state index in [9.17, 15) is 0 Å². The average molecular weight is 194 g/mol. The van der Waals surface area contributed by atoms with Gasteiger partial charge in [0.05, 0.1) is 5.69 Å². The lowest BCUT2D eigenvalue weighted by molar-refractivity contribution is 0.414. The van der Waals surface area contributed by atoms with Gasteiger partial charge in [-0.25, -0.2) is 4.98 Å². The summed E-state index contributed by atoms with van der Waals surface area (Å²) < 4.78 is 0. The Morgan fingerprint density at radius 2 is 2.31 bits per heavy atom. The molecule has 13 heavy (non-hydrogen) atoms. The Kier molecular flexibility index (Phi) is 1.62. The van der Waals surface area contributed by atoms with E-state index >= 15 is 0 Å². The van der Waals surface area contributed by atoms with Crippen molar-refractivity contribution in [2.75, 3.05) is 5.73 Å². The van der Waals surface area contributed by atoms with E-state index in [0.717, 1.165) is 22.9 Å². The van der Waals surface area contributed by atoms with Crippen LogP contribution in [0.5, 0.6) is 0 Å². The van der Waals surface area contributed by atoms with Crippen LogP contribution >= 0.6 is 11.3 Å². The van der Waals surface area contributed by atoms with E-state index < -0.39 is 0 Å². The van der Waals surface area contributed by atoms with Crippen LogP contribution in [0.25, 0.3) is 0 Å². The minimum absolute atomic E-state index is 0.734. The van der Waals surface area contributed by atoms with Crippen molar-refractivity contribution in [3.05, 3.63) is 11.1 Å². The van der Waals surface area contributed by atoms with Gasteiger partial charge in [0.15, 0.2) is 5.13 Å². The fourth-order valence-electron chi connectivity index (χ4n) is 3.08. The lowest BCUT2D eigenvalue weighted by Crippen LogP contribution is -2.08. The Hall–Kier alpha value is -0.570. The van der Waals surface area contributed by atoms with Crippen LogP contribution in [0.15, 0.2) is 5.38 Å². The maximum atomic E-state index is 5.65. The Balaban J connectivity index is 1.87. The van der Waals surface area contributed by atoms with Gasteiger partial charge in [0.25, 0.3) is 0 Å². The second kappa shape index (κ2) is 2.71. The minimum Gasteiger partial charge on any atom is -0.375 e. The molecule has 70 valence electrons. The number of nitrogens with two attached hydrogens (primary N) is 1. The molecule has 0 saturated heterocycles. The highest BCUT2D eigenvalue weighted by molar-refractivity contribution is 7.13. The molecule has 3 heteroatoms. The number of rotatable bonds is 1. The summed E-state index contributed by atoms with van der Waals surface area (Å²) in [5, 5.41) is 2.89. The normalized spacial score (nSPS) is 37.1. The van der Waals surface area contributed by atoms with E-state index in [-0.39, 0.29) is 0 Å². The molecule has 3 rings (SSSR count). The summed E-state index contributed by atoms with van der Waals surface area (Å²) >= 11 is 1.59. The van der Waals surface area contributed by atoms with E-state index in [1.165, 1.54) is 31.4 Å². The number of aromatic nitrogens is 1. The quantitative estimate of drug-likeness (QED) is 0.746. The Morgan fingerprint density at radius 1 is 1.38 bits per heavy atom. The topological polar surface area (TPSA) is 38.9 Å². The number of fused-ring (bicyclic) bond motifs is 2. The zero-order chi connectivity index (χ0) is 8.84. The second-order valence-electron chi connectivity index (χ2n) is 4.39. The summed E-state index contributed by atoms with van der Waals surface area (Å²) in [5.74, 6) is 2.66. The highest BCUT2D eigenvalue weighted by atomic mass is 32.1. The number of anilines is 1. The van der Waals surface area contributed by atoms with Crippen LogP contribution in [0, 0.1) is 11.8 Å².